The van der Waals surface area contributed by atoms with Crippen LogP contribution in [0.2, 0.25) is 0 Å². The number of nitrogens with zero attached hydrogens (tertiary/aromatic N) is 3. The van der Waals surface area contributed by atoms with E-state index < -0.39 is 20.0 Å². The summed E-state index contributed by atoms with van der Waals surface area (Å²) in [6.45, 7) is 2.71. The van der Waals surface area contributed by atoms with E-state index in [1.807, 2.05) is 0 Å². The minimum Gasteiger partial charge on any atom is -0.280 e. The fraction of sp³-hybridized carbons (Fsp3) is 0.471. The van der Waals surface area contributed by atoms with E-state index in [0.29, 0.717) is 24.5 Å². The lowest BCUT2D eigenvalue weighted by Crippen LogP contribution is -2.31. The van der Waals surface area contributed by atoms with Gasteiger partial charge < -0.3 is 0 Å². The molecule has 0 amide bonds. The smallest absolute Gasteiger partial charge is 0.265 e. The van der Waals surface area contributed by atoms with Crippen LogP contribution >= 0.6 is 0 Å². The van der Waals surface area contributed by atoms with Crippen LogP contribution in [0.5, 0.6) is 0 Å². The van der Waals surface area contributed by atoms with Crippen LogP contribution in [0.1, 0.15) is 31.4 Å². The second kappa shape index (κ2) is 7.61. The summed E-state index contributed by atoms with van der Waals surface area (Å²) < 4.78 is 56.0. The van der Waals surface area contributed by atoms with Crippen LogP contribution in [0.4, 0.5) is 5.69 Å². The van der Waals surface area contributed by atoms with E-state index in [2.05, 4.69) is 9.82 Å². The lowest BCUT2D eigenvalue weighted by molar-refractivity contribution is 0.424. The van der Waals surface area contributed by atoms with E-state index in [1.165, 1.54) is 39.4 Å². The number of anilines is 1. The van der Waals surface area contributed by atoms with Crippen molar-refractivity contribution in [1.82, 2.24) is 14.1 Å². The van der Waals surface area contributed by atoms with Crippen molar-refractivity contribution in [2.45, 2.75) is 42.4 Å². The van der Waals surface area contributed by atoms with Crippen molar-refractivity contribution < 1.29 is 16.8 Å². The normalized spacial score (nSPS) is 16.8. The lowest BCUT2D eigenvalue weighted by Gasteiger charge is -2.20. The highest BCUT2D eigenvalue weighted by atomic mass is 32.2. The molecule has 1 N–H and O–H groups in total. The first-order valence-corrected chi connectivity index (χ1v) is 11.8. The molecule has 1 aromatic heterocycles. The maximum absolute atomic E-state index is 12.8. The standard InChI is InChI=1S/C17H24N4O4S2/c1-14-17(13-18-20(14)2)26(22,23)19-15-7-9-16(10-8-15)27(24,25)21-11-5-3-4-6-12-21/h7-10,13,19H,3-6,11-12H2,1-2H3. The van der Waals surface area contributed by atoms with Gasteiger partial charge in [0.15, 0.2) is 0 Å². The first-order valence-electron chi connectivity index (χ1n) is 8.83. The highest BCUT2D eigenvalue weighted by molar-refractivity contribution is 7.92. The third kappa shape index (κ3) is 4.17. The molecule has 27 heavy (non-hydrogen) atoms. The molecule has 0 aliphatic carbocycles. The zero-order valence-corrected chi connectivity index (χ0v) is 17.1. The number of nitrogens with one attached hydrogen (secondary N) is 1. The second-order valence-corrected chi connectivity index (χ2v) is 10.3. The molecule has 2 heterocycles. The molecule has 3 rings (SSSR count). The van der Waals surface area contributed by atoms with Gasteiger partial charge in [-0.05, 0) is 44.0 Å². The zero-order chi connectivity index (χ0) is 19.7. The van der Waals surface area contributed by atoms with Crippen molar-refractivity contribution in [3.63, 3.8) is 0 Å². The van der Waals surface area contributed by atoms with Gasteiger partial charge in [-0.25, -0.2) is 16.8 Å². The van der Waals surface area contributed by atoms with Crippen LogP contribution in [0.25, 0.3) is 0 Å². The summed E-state index contributed by atoms with van der Waals surface area (Å²) in [6.07, 6.45) is 5.10. The van der Waals surface area contributed by atoms with Crippen molar-refractivity contribution in [3.05, 3.63) is 36.2 Å². The molecule has 0 saturated carbocycles. The molecule has 0 unspecified atom stereocenters. The first-order chi connectivity index (χ1) is 12.7. The molecule has 1 aliphatic heterocycles. The van der Waals surface area contributed by atoms with Gasteiger partial charge >= 0.3 is 0 Å². The Bertz CT molecular complexity index is 1000. The number of rotatable bonds is 5. The van der Waals surface area contributed by atoms with Crippen molar-refractivity contribution in [2.75, 3.05) is 17.8 Å². The molecule has 8 nitrogen and oxygen atoms in total. The number of benzene rings is 1. The number of aromatic nitrogens is 2. The summed E-state index contributed by atoms with van der Waals surface area (Å²) in [5.74, 6) is 0. The number of hydrogen-bond acceptors (Lipinski definition) is 5. The summed E-state index contributed by atoms with van der Waals surface area (Å²) in [5.41, 5.74) is 0.816. The Kier molecular flexibility index (Phi) is 5.59. The Morgan fingerprint density at radius 2 is 1.56 bits per heavy atom. The Balaban J connectivity index is 1.80. The Morgan fingerprint density at radius 1 is 0.963 bits per heavy atom. The van der Waals surface area contributed by atoms with E-state index in [1.54, 1.807) is 14.0 Å². The molecular formula is C17H24N4O4S2. The number of hydrogen-bond donors (Lipinski definition) is 1. The van der Waals surface area contributed by atoms with E-state index in [0.717, 1.165) is 25.7 Å². The molecule has 0 radical (unpaired) electrons. The van der Waals surface area contributed by atoms with Gasteiger partial charge in [0.05, 0.1) is 16.8 Å². The largest absolute Gasteiger partial charge is 0.280 e. The van der Waals surface area contributed by atoms with Crippen molar-refractivity contribution >= 4 is 25.7 Å². The van der Waals surface area contributed by atoms with E-state index in [4.69, 9.17) is 0 Å². The van der Waals surface area contributed by atoms with Gasteiger partial charge in [0.25, 0.3) is 10.0 Å². The van der Waals surface area contributed by atoms with Crippen molar-refractivity contribution in [1.29, 1.82) is 0 Å². The zero-order valence-electron chi connectivity index (χ0n) is 15.4. The van der Waals surface area contributed by atoms with Gasteiger partial charge in [-0.15, -0.1) is 0 Å². The van der Waals surface area contributed by atoms with Crippen molar-refractivity contribution in [2.24, 2.45) is 7.05 Å². The molecule has 1 aliphatic rings. The summed E-state index contributed by atoms with van der Waals surface area (Å²) in [4.78, 5) is 0.260. The SMILES string of the molecule is Cc1c(S(=O)(=O)Nc2ccc(S(=O)(=O)N3CCCCCC3)cc2)cnn1C. The molecule has 0 atom stereocenters. The predicted octanol–water partition coefficient (Wildman–Crippen LogP) is 2.09. The minimum absolute atomic E-state index is 0.0891. The van der Waals surface area contributed by atoms with Gasteiger partial charge in [-0.1, -0.05) is 12.8 Å². The molecule has 0 spiro atoms. The average molecular weight is 413 g/mol. The van der Waals surface area contributed by atoms with Crippen LogP contribution in [0.15, 0.2) is 40.3 Å². The predicted molar refractivity (Wildman–Crippen MR) is 102 cm³/mol. The van der Waals surface area contributed by atoms with Gasteiger partial charge in [0.2, 0.25) is 10.0 Å². The van der Waals surface area contributed by atoms with Crippen LogP contribution in [-0.2, 0) is 27.1 Å². The highest BCUT2D eigenvalue weighted by Crippen LogP contribution is 2.23. The quantitative estimate of drug-likeness (QED) is 0.810. The highest BCUT2D eigenvalue weighted by Gasteiger charge is 2.25. The number of sulfonamides is 2. The molecule has 10 heteroatoms. The average Bonchev–Trinajstić information content (AvgIpc) is 2.82. The van der Waals surface area contributed by atoms with Crippen LogP contribution in [0, 0.1) is 6.92 Å². The van der Waals surface area contributed by atoms with Gasteiger partial charge in [-0.2, -0.15) is 9.40 Å². The maximum Gasteiger partial charge on any atom is 0.265 e. The fourth-order valence-electron chi connectivity index (χ4n) is 3.08. The maximum atomic E-state index is 12.8. The van der Waals surface area contributed by atoms with Gasteiger partial charge in [0.1, 0.15) is 4.90 Å². The fourth-order valence-corrected chi connectivity index (χ4v) is 5.86. The minimum atomic E-state index is -3.79. The second-order valence-electron chi connectivity index (χ2n) is 6.67. The van der Waals surface area contributed by atoms with Crippen molar-refractivity contribution in [3.8, 4) is 0 Å². The van der Waals surface area contributed by atoms with E-state index in [9.17, 15) is 16.8 Å². The lowest BCUT2D eigenvalue weighted by atomic mass is 10.2. The van der Waals surface area contributed by atoms with Gasteiger partial charge in [0, 0.05) is 25.8 Å². The molecule has 1 aromatic carbocycles. The Morgan fingerprint density at radius 3 is 2.07 bits per heavy atom. The molecule has 0 bridgehead atoms. The Hall–Kier alpha value is -1.91. The molecule has 148 valence electrons. The number of aryl methyl sites for hydroxylation is 1. The van der Waals surface area contributed by atoms with E-state index >= 15 is 0 Å². The summed E-state index contributed by atoms with van der Waals surface area (Å²) in [7, 11) is -5.69. The Labute approximate surface area is 160 Å². The molecule has 1 fully saturated rings. The molecule has 2 aromatic rings. The van der Waals surface area contributed by atoms with Gasteiger partial charge in [-0.3, -0.25) is 9.40 Å². The summed E-state index contributed by atoms with van der Waals surface area (Å²) >= 11 is 0. The summed E-state index contributed by atoms with van der Waals surface area (Å²) in [5, 5.41) is 3.94. The molecule has 1 saturated heterocycles. The molecular weight excluding hydrogens is 388 g/mol. The van der Waals surface area contributed by atoms with Crippen LogP contribution in [0.3, 0.4) is 0 Å². The van der Waals surface area contributed by atoms with E-state index in [-0.39, 0.29) is 9.79 Å². The van der Waals surface area contributed by atoms with Crippen LogP contribution in [-0.4, -0.2) is 44.0 Å². The monoisotopic (exact) mass is 412 g/mol. The third-order valence-electron chi connectivity index (χ3n) is 4.79. The first kappa shape index (κ1) is 19.8. The summed E-state index contributed by atoms with van der Waals surface area (Å²) in [6, 6.07) is 5.81. The third-order valence-corrected chi connectivity index (χ3v) is 8.19. The van der Waals surface area contributed by atoms with Crippen LogP contribution < -0.4 is 4.72 Å². The topological polar surface area (TPSA) is 101 Å².